The Morgan fingerprint density at radius 2 is 1.71 bits per heavy atom. The molecule has 82 valence electrons. The Morgan fingerprint density at radius 3 is 2.14 bits per heavy atom. The van der Waals surface area contributed by atoms with Crippen molar-refractivity contribution in [2.24, 2.45) is 16.3 Å². The van der Waals surface area contributed by atoms with Crippen LogP contribution in [0.15, 0.2) is 4.99 Å². The van der Waals surface area contributed by atoms with Crippen LogP contribution in [-0.2, 0) is 0 Å². The minimum Gasteiger partial charge on any atom is -0.297 e. The molecule has 1 saturated carbocycles. The highest BCUT2D eigenvalue weighted by atomic mass is 14.7. The van der Waals surface area contributed by atoms with Crippen LogP contribution in [0.3, 0.4) is 0 Å². The van der Waals surface area contributed by atoms with Gasteiger partial charge in [0.05, 0.1) is 0 Å². The lowest BCUT2D eigenvalue weighted by Crippen LogP contribution is -2.23. The molecule has 0 aliphatic heterocycles. The third-order valence-electron chi connectivity index (χ3n) is 3.08. The average Bonchev–Trinajstić information content (AvgIpc) is 2.14. The van der Waals surface area contributed by atoms with E-state index in [1.54, 1.807) is 0 Å². The molecule has 0 radical (unpaired) electrons. The van der Waals surface area contributed by atoms with E-state index in [2.05, 4.69) is 25.8 Å². The van der Waals surface area contributed by atoms with Crippen molar-refractivity contribution in [3.05, 3.63) is 0 Å². The third-order valence-corrected chi connectivity index (χ3v) is 3.08. The fourth-order valence-corrected chi connectivity index (χ4v) is 2.39. The van der Waals surface area contributed by atoms with E-state index in [4.69, 9.17) is 0 Å². The van der Waals surface area contributed by atoms with Crippen LogP contribution in [-0.4, -0.2) is 12.8 Å². The fraction of sp³-hybridized carbons (Fsp3) is 0.923. The highest BCUT2D eigenvalue weighted by Crippen LogP contribution is 2.30. The second-order valence-electron chi connectivity index (χ2n) is 5.79. The van der Waals surface area contributed by atoms with Crippen molar-refractivity contribution in [2.45, 2.75) is 59.3 Å². The highest BCUT2D eigenvalue weighted by molar-refractivity contribution is 5.87. The minimum absolute atomic E-state index is 0.395. The van der Waals surface area contributed by atoms with Gasteiger partial charge in [0.1, 0.15) is 0 Å². The van der Waals surface area contributed by atoms with Crippen LogP contribution in [0.2, 0.25) is 0 Å². The van der Waals surface area contributed by atoms with E-state index in [1.807, 2.05) is 7.05 Å². The lowest BCUT2D eigenvalue weighted by Gasteiger charge is -2.27. The topological polar surface area (TPSA) is 12.4 Å². The Kier molecular flexibility index (Phi) is 4.15. The van der Waals surface area contributed by atoms with E-state index in [9.17, 15) is 0 Å². The molecular weight excluding hydrogens is 170 g/mol. The van der Waals surface area contributed by atoms with E-state index in [0.717, 1.165) is 5.92 Å². The Labute approximate surface area is 89.0 Å². The van der Waals surface area contributed by atoms with Gasteiger partial charge in [-0.3, -0.25) is 4.99 Å². The Balaban J connectivity index is 2.53. The van der Waals surface area contributed by atoms with Crippen LogP contribution in [0.5, 0.6) is 0 Å². The predicted octanol–water partition coefficient (Wildman–Crippen LogP) is 4.07. The Morgan fingerprint density at radius 1 is 1.14 bits per heavy atom. The van der Waals surface area contributed by atoms with Crippen molar-refractivity contribution < 1.29 is 0 Å². The molecule has 0 spiro atoms. The molecule has 0 aromatic rings. The van der Waals surface area contributed by atoms with Gasteiger partial charge in [-0.25, -0.2) is 0 Å². The fourth-order valence-electron chi connectivity index (χ4n) is 2.39. The molecule has 0 bridgehead atoms. The SMILES string of the molecule is C/N=C(\CC(C)(C)C)C1CCCCC1. The van der Waals surface area contributed by atoms with Gasteiger partial charge >= 0.3 is 0 Å². The van der Waals surface area contributed by atoms with Crippen molar-refractivity contribution in [1.29, 1.82) is 0 Å². The average molecular weight is 195 g/mol. The van der Waals surface area contributed by atoms with Crippen LogP contribution < -0.4 is 0 Å². The second-order valence-corrected chi connectivity index (χ2v) is 5.79. The summed E-state index contributed by atoms with van der Waals surface area (Å²) < 4.78 is 0. The number of rotatable bonds is 2. The molecule has 1 aliphatic carbocycles. The number of aliphatic imine (C=N–C) groups is 1. The largest absolute Gasteiger partial charge is 0.297 e. The smallest absolute Gasteiger partial charge is 0.0276 e. The summed E-state index contributed by atoms with van der Waals surface area (Å²) in [7, 11) is 1.97. The third kappa shape index (κ3) is 3.81. The number of nitrogens with zero attached hydrogens (tertiary/aromatic N) is 1. The lowest BCUT2D eigenvalue weighted by molar-refractivity contribution is 0.394. The number of hydrogen-bond donors (Lipinski definition) is 0. The van der Waals surface area contributed by atoms with Crippen LogP contribution in [0.1, 0.15) is 59.3 Å². The van der Waals surface area contributed by atoms with Crippen molar-refractivity contribution in [1.82, 2.24) is 0 Å². The van der Waals surface area contributed by atoms with Crippen molar-refractivity contribution >= 4 is 5.71 Å². The Bertz CT molecular complexity index is 192. The van der Waals surface area contributed by atoms with Crippen LogP contribution in [0.25, 0.3) is 0 Å². The summed E-state index contributed by atoms with van der Waals surface area (Å²) in [6.07, 6.45) is 8.18. The van der Waals surface area contributed by atoms with E-state index >= 15 is 0 Å². The summed E-state index contributed by atoms with van der Waals surface area (Å²) >= 11 is 0. The Hall–Kier alpha value is -0.330. The van der Waals surface area contributed by atoms with E-state index in [0.29, 0.717) is 5.41 Å². The van der Waals surface area contributed by atoms with Gasteiger partial charge in [-0.15, -0.1) is 0 Å². The molecule has 0 aromatic carbocycles. The molecule has 0 amide bonds. The van der Waals surface area contributed by atoms with Crippen LogP contribution >= 0.6 is 0 Å². The first kappa shape index (κ1) is 11.7. The van der Waals surface area contributed by atoms with Gasteiger partial charge in [0.2, 0.25) is 0 Å². The highest BCUT2D eigenvalue weighted by Gasteiger charge is 2.22. The first-order chi connectivity index (χ1) is 6.53. The normalized spacial score (nSPS) is 21.3. The first-order valence-electron chi connectivity index (χ1n) is 5.98. The molecule has 0 aromatic heterocycles. The zero-order chi connectivity index (χ0) is 10.6. The predicted molar refractivity (Wildman–Crippen MR) is 64.0 cm³/mol. The molecule has 14 heavy (non-hydrogen) atoms. The molecule has 1 aliphatic rings. The molecule has 0 heterocycles. The van der Waals surface area contributed by atoms with Crippen LogP contribution in [0, 0.1) is 11.3 Å². The summed E-state index contributed by atoms with van der Waals surface area (Å²) in [5, 5.41) is 0. The molecule has 0 unspecified atom stereocenters. The monoisotopic (exact) mass is 195 g/mol. The second kappa shape index (κ2) is 4.95. The minimum atomic E-state index is 0.395. The first-order valence-corrected chi connectivity index (χ1v) is 5.98. The maximum absolute atomic E-state index is 4.51. The molecule has 0 N–H and O–H groups in total. The molecule has 0 atom stereocenters. The molecular formula is C13H25N. The van der Waals surface area contributed by atoms with Crippen molar-refractivity contribution in [2.75, 3.05) is 7.05 Å². The van der Waals surface area contributed by atoms with Gasteiger partial charge < -0.3 is 0 Å². The van der Waals surface area contributed by atoms with Crippen LogP contribution in [0.4, 0.5) is 0 Å². The molecule has 0 saturated heterocycles. The summed E-state index contributed by atoms with van der Waals surface area (Å²) in [6.45, 7) is 6.92. The standard InChI is InChI=1S/C13H25N/c1-13(2,3)10-12(14-4)11-8-6-5-7-9-11/h11H,5-10H2,1-4H3/b14-12+. The van der Waals surface area contributed by atoms with Gasteiger partial charge in [0.25, 0.3) is 0 Å². The summed E-state index contributed by atoms with van der Waals surface area (Å²) in [5.74, 6) is 0.799. The van der Waals surface area contributed by atoms with Gasteiger partial charge in [0, 0.05) is 12.8 Å². The van der Waals surface area contributed by atoms with Crippen molar-refractivity contribution in [3.8, 4) is 0 Å². The van der Waals surface area contributed by atoms with E-state index in [1.165, 1.54) is 44.2 Å². The van der Waals surface area contributed by atoms with Gasteiger partial charge in [0.15, 0.2) is 0 Å². The summed E-state index contributed by atoms with van der Waals surface area (Å²) in [4.78, 5) is 4.51. The summed E-state index contributed by atoms with van der Waals surface area (Å²) in [5.41, 5.74) is 1.86. The number of hydrogen-bond acceptors (Lipinski definition) is 1. The molecule has 1 fully saturated rings. The van der Waals surface area contributed by atoms with E-state index < -0.39 is 0 Å². The molecule has 1 rings (SSSR count). The summed E-state index contributed by atoms with van der Waals surface area (Å²) in [6, 6.07) is 0. The van der Waals surface area contributed by atoms with Gasteiger partial charge in [-0.2, -0.15) is 0 Å². The maximum atomic E-state index is 4.51. The zero-order valence-corrected chi connectivity index (χ0v) is 10.3. The molecule has 1 heteroatoms. The van der Waals surface area contributed by atoms with Gasteiger partial charge in [-0.1, -0.05) is 40.0 Å². The van der Waals surface area contributed by atoms with E-state index in [-0.39, 0.29) is 0 Å². The maximum Gasteiger partial charge on any atom is 0.0276 e. The lowest BCUT2D eigenvalue weighted by atomic mass is 9.79. The molecule has 1 nitrogen and oxygen atoms in total. The zero-order valence-electron chi connectivity index (χ0n) is 10.3. The van der Waals surface area contributed by atoms with Gasteiger partial charge in [-0.05, 0) is 30.6 Å². The quantitative estimate of drug-likeness (QED) is 0.589. The van der Waals surface area contributed by atoms with Crippen molar-refractivity contribution in [3.63, 3.8) is 0 Å².